The Kier molecular flexibility index (Phi) is 9.73. The van der Waals surface area contributed by atoms with Crippen LogP contribution in [0.2, 0.25) is 0 Å². The van der Waals surface area contributed by atoms with E-state index in [-0.39, 0.29) is 22.7 Å². The Morgan fingerprint density at radius 2 is 1.95 bits per heavy atom. The highest BCUT2D eigenvalue weighted by molar-refractivity contribution is 6.29. The first-order valence-corrected chi connectivity index (χ1v) is 14.9. The lowest BCUT2D eigenvalue weighted by molar-refractivity contribution is -0.125. The van der Waals surface area contributed by atoms with Gasteiger partial charge in [0.25, 0.3) is 0 Å². The van der Waals surface area contributed by atoms with Gasteiger partial charge >= 0.3 is 0 Å². The molecule has 2 fully saturated rings. The first kappa shape index (κ1) is 28.6. The van der Waals surface area contributed by atoms with Crippen LogP contribution in [0, 0.1) is 11.3 Å². The summed E-state index contributed by atoms with van der Waals surface area (Å²) < 4.78 is 0. The summed E-state index contributed by atoms with van der Waals surface area (Å²) in [6.07, 6.45) is 9.16. The standard InChI is InChI=1S/C28H48ClN7O/c1-4-7-9-35-10-8-24(36-13-11-34(6-3)12-14-36)23(19-35)33-27(37)25(26(30)31)22-17-28(5-2)16-20(28)15-21(29)18-32-22/h15,18,21-22,25-26H,4-14,16-17,19,30-31H2,1-3H3,(H,33,37)/b20-15-,32-18?. The molecule has 0 aromatic heterocycles. The molecule has 1 saturated carbocycles. The van der Waals surface area contributed by atoms with Crippen LogP contribution < -0.4 is 16.8 Å². The van der Waals surface area contributed by atoms with Crippen molar-refractivity contribution in [2.45, 2.75) is 76.9 Å². The van der Waals surface area contributed by atoms with Crippen molar-refractivity contribution in [3.63, 3.8) is 0 Å². The van der Waals surface area contributed by atoms with Crippen LogP contribution in [0.5, 0.6) is 0 Å². The number of alkyl halides is 1. The number of aliphatic imine (C=N–C) groups is 1. The van der Waals surface area contributed by atoms with Gasteiger partial charge in [0.05, 0.1) is 29.2 Å². The van der Waals surface area contributed by atoms with Gasteiger partial charge in [0.15, 0.2) is 0 Å². The van der Waals surface area contributed by atoms with E-state index in [9.17, 15) is 4.79 Å². The topological polar surface area (TPSA) is 103 Å². The number of hydrogen-bond acceptors (Lipinski definition) is 7. The van der Waals surface area contributed by atoms with Crippen molar-refractivity contribution in [1.29, 1.82) is 0 Å². The van der Waals surface area contributed by atoms with E-state index in [2.05, 4.69) is 46.9 Å². The number of nitrogens with zero attached hydrogens (tertiary/aromatic N) is 4. The number of fused-ring (bicyclic) bond motifs is 1. The minimum Gasteiger partial charge on any atom is -0.371 e. The quantitative estimate of drug-likeness (QED) is 0.226. The third-order valence-electron chi connectivity index (χ3n) is 8.97. The average Bonchev–Trinajstić information content (AvgIpc) is 3.55. The highest BCUT2D eigenvalue weighted by Crippen LogP contribution is 2.59. The Morgan fingerprint density at radius 1 is 1.19 bits per heavy atom. The summed E-state index contributed by atoms with van der Waals surface area (Å²) in [5, 5.41) is 3.09. The number of hydrogen-bond donors (Lipinski definition) is 3. The second-order valence-corrected chi connectivity index (χ2v) is 11.8. The Morgan fingerprint density at radius 3 is 2.59 bits per heavy atom. The third kappa shape index (κ3) is 6.77. The van der Waals surface area contributed by atoms with Crippen LogP contribution in [0.15, 0.2) is 28.0 Å². The summed E-state index contributed by atoms with van der Waals surface area (Å²) >= 11 is 6.49. The first-order valence-electron chi connectivity index (χ1n) is 14.4. The van der Waals surface area contributed by atoms with Crippen LogP contribution in [0.3, 0.4) is 0 Å². The van der Waals surface area contributed by atoms with Crippen LogP contribution in [0.25, 0.3) is 0 Å². The summed E-state index contributed by atoms with van der Waals surface area (Å²) in [5.41, 5.74) is 16.3. The van der Waals surface area contributed by atoms with E-state index in [0.717, 1.165) is 96.6 Å². The molecular formula is C28H48ClN7O. The summed E-state index contributed by atoms with van der Waals surface area (Å²) in [6, 6.07) is -0.288. The van der Waals surface area contributed by atoms with E-state index in [1.165, 1.54) is 11.3 Å². The molecule has 1 amide bonds. The number of carbonyl (C=O) groups excluding carboxylic acids is 1. The number of nitrogens with two attached hydrogens (primary N) is 2. The highest BCUT2D eigenvalue weighted by atomic mass is 35.5. The third-order valence-corrected chi connectivity index (χ3v) is 9.21. The zero-order valence-corrected chi connectivity index (χ0v) is 23.8. The second kappa shape index (κ2) is 12.6. The molecule has 1 saturated heterocycles. The van der Waals surface area contributed by atoms with Gasteiger partial charge in [0, 0.05) is 57.6 Å². The number of nitrogens with one attached hydrogen (secondary N) is 1. The van der Waals surface area contributed by atoms with Gasteiger partial charge in [-0.15, -0.1) is 11.6 Å². The minimum absolute atomic E-state index is 0.0775. The van der Waals surface area contributed by atoms with Crippen LogP contribution >= 0.6 is 11.6 Å². The lowest BCUT2D eigenvalue weighted by atomic mass is 9.84. The molecule has 4 aliphatic rings. The molecule has 4 atom stereocenters. The minimum atomic E-state index is -0.799. The molecule has 1 aliphatic carbocycles. The fourth-order valence-corrected chi connectivity index (χ4v) is 6.59. The molecule has 37 heavy (non-hydrogen) atoms. The number of halogens is 1. The molecular weight excluding hydrogens is 486 g/mol. The Balaban J connectivity index is 1.55. The molecule has 0 aromatic carbocycles. The molecule has 0 bridgehead atoms. The summed E-state index contributed by atoms with van der Waals surface area (Å²) in [6.45, 7) is 14.7. The van der Waals surface area contributed by atoms with Gasteiger partial charge < -0.3 is 26.6 Å². The van der Waals surface area contributed by atoms with E-state index in [1.807, 2.05) is 0 Å². The Hall–Kier alpha value is -1.45. The molecule has 0 radical (unpaired) electrons. The molecule has 8 nitrogen and oxygen atoms in total. The van der Waals surface area contributed by atoms with Crippen molar-refractivity contribution in [3.8, 4) is 0 Å². The van der Waals surface area contributed by atoms with Crippen LogP contribution in [0.4, 0.5) is 0 Å². The number of unbranched alkanes of at least 4 members (excludes halogenated alkanes) is 1. The van der Waals surface area contributed by atoms with Crippen molar-refractivity contribution in [2.24, 2.45) is 27.8 Å². The maximum absolute atomic E-state index is 13.9. The van der Waals surface area contributed by atoms with E-state index >= 15 is 0 Å². The van der Waals surface area contributed by atoms with E-state index in [0.29, 0.717) is 0 Å². The molecule has 0 spiro atoms. The van der Waals surface area contributed by atoms with Crippen molar-refractivity contribution in [1.82, 2.24) is 20.0 Å². The monoisotopic (exact) mass is 533 g/mol. The van der Waals surface area contributed by atoms with Gasteiger partial charge in [-0.3, -0.25) is 14.7 Å². The number of piperazine rings is 1. The van der Waals surface area contributed by atoms with Gasteiger partial charge in [-0.2, -0.15) is 0 Å². The molecule has 9 heteroatoms. The first-order chi connectivity index (χ1) is 17.8. The van der Waals surface area contributed by atoms with Gasteiger partial charge in [0.1, 0.15) is 0 Å². The largest absolute Gasteiger partial charge is 0.371 e. The number of rotatable bonds is 10. The van der Waals surface area contributed by atoms with Gasteiger partial charge in [-0.25, -0.2) is 0 Å². The fraction of sp³-hybridized carbons (Fsp3) is 0.786. The fourth-order valence-electron chi connectivity index (χ4n) is 6.37. The summed E-state index contributed by atoms with van der Waals surface area (Å²) in [5.74, 6) is -0.724. The van der Waals surface area contributed by atoms with E-state index in [1.54, 1.807) is 6.21 Å². The molecule has 4 unspecified atom stereocenters. The summed E-state index contributed by atoms with van der Waals surface area (Å²) in [4.78, 5) is 26.1. The number of amides is 1. The molecule has 3 heterocycles. The van der Waals surface area contributed by atoms with Crippen LogP contribution in [-0.2, 0) is 4.79 Å². The second-order valence-electron chi connectivity index (χ2n) is 11.3. The normalized spacial score (nSPS) is 31.4. The zero-order chi connectivity index (χ0) is 26.6. The molecule has 208 valence electrons. The van der Waals surface area contributed by atoms with Crippen LogP contribution in [-0.4, -0.2) is 96.8 Å². The number of allylic oxidation sites excluding steroid dienone is 2. The molecule has 4 rings (SSSR count). The van der Waals surface area contributed by atoms with Gasteiger partial charge in [-0.1, -0.05) is 38.8 Å². The lowest BCUT2D eigenvalue weighted by Crippen LogP contribution is -2.54. The Bertz CT molecular complexity index is 895. The van der Waals surface area contributed by atoms with Crippen LogP contribution in [0.1, 0.15) is 59.3 Å². The number of carbonyl (C=O) groups is 1. The van der Waals surface area contributed by atoms with E-state index in [4.69, 9.17) is 28.1 Å². The van der Waals surface area contributed by atoms with Crippen molar-refractivity contribution < 1.29 is 4.79 Å². The van der Waals surface area contributed by atoms with Crippen molar-refractivity contribution >= 4 is 23.7 Å². The maximum atomic E-state index is 13.9. The molecule has 0 aromatic rings. The van der Waals surface area contributed by atoms with Gasteiger partial charge in [-0.05, 0) is 44.2 Å². The highest BCUT2D eigenvalue weighted by Gasteiger charge is 2.51. The van der Waals surface area contributed by atoms with Gasteiger partial charge in [0.2, 0.25) is 5.91 Å². The predicted molar refractivity (Wildman–Crippen MR) is 152 cm³/mol. The van der Waals surface area contributed by atoms with Crippen molar-refractivity contribution in [2.75, 3.05) is 52.4 Å². The Labute approximate surface area is 228 Å². The molecule has 5 N–H and O–H groups in total. The zero-order valence-electron chi connectivity index (χ0n) is 23.1. The molecule has 3 aliphatic heterocycles. The predicted octanol–water partition coefficient (Wildman–Crippen LogP) is 2.49. The van der Waals surface area contributed by atoms with E-state index < -0.39 is 12.1 Å². The number of likely N-dealkylation sites (N-methyl/N-ethyl adjacent to an activating group) is 1. The summed E-state index contributed by atoms with van der Waals surface area (Å²) in [7, 11) is 0. The van der Waals surface area contributed by atoms with Crippen molar-refractivity contribution in [3.05, 3.63) is 23.0 Å². The average molecular weight is 534 g/mol. The smallest absolute Gasteiger partial charge is 0.232 e. The SMILES string of the molecule is CCCCN1CCC(N2CCN(CC)CC2)=C(NC(=O)C(C(N)N)C2CC3(CC)C/C3=C/C(Cl)C=N2)C1. The maximum Gasteiger partial charge on any atom is 0.232 e. The lowest BCUT2D eigenvalue weighted by Gasteiger charge is -2.41.